The largest absolute Gasteiger partial charge is 0.392 e. The molecule has 0 unspecified atom stereocenters. The minimum Gasteiger partial charge on any atom is -0.392 e. The molecule has 1 aliphatic carbocycles. The van der Waals surface area contributed by atoms with Gasteiger partial charge in [-0.2, -0.15) is 9.97 Å². The highest BCUT2D eigenvalue weighted by Crippen LogP contribution is 2.42. The molecule has 2 aromatic carbocycles. The van der Waals surface area contributed by atoms with Crippen LogP contribution in [0.5, 0.6) is 0 Å². The first-order chi connectivity index (χ1) is 18.4. The topological polar surface area (TPSA) is 110 Å². The van der Waals surface area contributed by atoms with Gasteiger partial charge < -0.3 is 20.3 Å². The highest BCUT2D eigenvalue weighted by Gasteiger charge is 2.33. The first-order valence-corrected chi connectivity index (χ1v) is 13.0. The highest BCUT2D eigenvalue weighted by molar-refractivity contribution is 6.09. The summed E-state index contributed by atoms with van der Waals surface area (Å²) in [6.45, 7) is 2.96. The van der Waals surface area contributed by atoms with Crippen molar-refractivity contribution in [3.63, 3.8) is 0 Å². The van der Waals surface area contributed by atoms with Gasteiger partial charge in [0.1, 0.15) is 11.6 Å². The molecule has 0 saturated heterocycles. The number of benzene rings is 2. The number of nitrogen functional groups attached to an aromatic ring is 1. The van der Waals surface area contributed by atoms with Crippen molar-refractivity contribution in [2.24, 2.45) is 0 Å². The molecule has 194 valence electrons. The highest BCUT2D eigenvalue weighted by atomic mass is 19.1. The van der Waals surface area contributed by atoms with Crippen LogP contribution in [0.25, 0.3) is 11.4 Å². The van der Waals surface area contributed by atoms with E-state index < -0.39 is 11.7 Å². The molecule has 3 heterocycles. The minimum atomic E-state index is -0.479. The lowest BCUT2D eigenvalue weighted by molar-refractivity contribution is 0.0976. The third kappa shape index (κ3) is 4.43. The molecule has 0 atom stereocenters. The van der Waals surface area contributed by atoms with Crippen LogP contribution in [0.15, 0.2) is 48.8 Å². The Hall–Kier alpha value is -4.11. The van der Waals surface area contributed by atoms with E-state index in [0.717, 1.165) is 36.1 Å². The molecule has 1 saturated carbocycles. The minimum absolute atomic E-state index is 0.0748. The molecular weight excluding hydrogens is 483 g/mol. The number of amides is 1. The Kier molecular flexibility index (Phi) is 6.15. The maximum Gasteiger partial charge on any atom is 0.261 e. The van der Waals surface area contributed by atoms with Gasteiger partial charge >= 0.3 is 0 Å². The molecule has 0 radical (unpaired) electrons. The fraction of sp³-hybridized carbons (Fsp3) is 0.310. The number of aliphatic hydroxyl groups is 1. The predicted octanol–water partition coefficient (Wildman–Crippen LogP) is 4.24. The van der Waals surface area contributed by atoms with Crippen molar-refractivity contribution in [3.05, 3.63) is 88.3 Å². The molecule has 4 aromatic rings. The molecule has 8 nitrogen and oxygen atoms in total. The van der Waals surface area contributed by atoms with E-state index in [-0.39, 0.29) is 18.1 Å². The van der Waals surface area contributed by atoms with E-state index in [4.69, 9.17) is 5.73 Å². The molecule has 3 N–H and O–H groups in total. The van der Waals surface area contributed by atoms with Crippen molar-refractivity contribution in [2.45, 2.75) is 51.7 Å². The molecular formula is C29H29FN6O2. The number of aliphatic hydroxyl groups excluding tert-OH is 1. The number of anilines is 2. The first kappa shape index (κ1) is 24.2. The van der Waals surface area contributed by atoms with Gasteiger partial charge in [-0.15, -0.1) is 0 Å². The Morgan fingerprint density at radius 1 is 1.16 bits per heavy atom. The first-order valence-electron chi connectivity index (χ1n) is 13.0. The summed E-state index contributed by atoms with van der Waals surface area (Å²) in [5.74, 6) is 0.419. The zero-order chi connectivity index (χ0) is 26.4. The quantitative estimate of drug-likeness (QED) is 0.383. The Balaban J connectivity index is 1.35. The number of aryl methyl sites for hydroxylation is 1. The van der Waals surface area contributed by atoms with E-state index in [1.54, 1.807) is 18.2 Å². The maximum absolute atomic E-state index is 15.1. The Morgan fingerprint density at radius 2 is 2.00 bits per heavy atom. The van der Waals surface area contributed by atoms with Crippen LogP contribution in [-0.2, 0) is 26.0 Å². The Morgan fingerprint density at radius 3 is 2.74 bits per heavy atom. The van der Waals surface area contributed by atoms with E-state index in [1.807, 2.05) is 24.5 Å². The van der Waals surface area contributed by atoms with Gasteiger partial charge in [-0.3, -0.25) is 4.79 Å². The van der Waals surface area contributed by atoms with Gasteiger partial charge in [0.2, 0.25) is 5.95 Å². The number of halogens is 1. The lowest BCUT2D eigenvalue weighted by Gasteiger charge is -2.31. The van der Waals surface area contributed by atoms with Crippen molar-refractivity contribution in [2.75, 3.05) is 17.2 Å². The van der Waals surface area contributed by atoms with Crippen LogP contribution in [0.1, 0.15) is 64.1 Å². The monoisotopic (exact) mass is 512 g/mol. The number of carbonyl (C=O) groups excluding carboxylic acids is 1. The maximum atomic E-state index is 15.1. The summed E-state index contributed by atoms with van der Waals surface area (Å²) in [5.41, 5.74) is 10.5. The van der Waals surface area contributed by atoms with Gasteiger partial charge in [0.25, 0.3) is 5.91 Å². The fourth-order valence-corrected chi connectivity index (χ4v) is 5.29. The van der Waals surface area contributed by atoms with E-state index in [2.05, 4.69) is 26.4 Å². The van der Waals surface area contributed by atoms with Crippen molar-refractivity contribution in [1.82, 2.24) is 19.5 Å². The normalized spacial score (nSPS) is 15.1. The molecule has 1 aliphatic heterocycles. The number of aromatic nitrogens is 4. The summed E-state index contributed by atoms with van der Waals surface area (Å²) >= 11 is 0. The molecule has 38 heavy (non-hydrogen) atoms. The van der Waals surface area contributed by atoms with Crippen LogP contribution in [0, 0.1) is 5.82 Å². The van der Waals surface area contributed by atoms with E-state index >= 15 is 4.39 Å². The summed E-state index contributed by atoms with van der Waals surface area (Å²) in [6, 6.07) is 10.8. The lowest BCUT2D eigenvalue weighted by Crippen LogP contribution is -2.39. The van der Waals surface area contributed by atoms with E-state index in [1.165, 1.54) is 11.0 Å². The van der Waals surface area contributed by atoms with Crippen LogP contribution >= 0.6 is 0 Å². The lowest BCUT2D eigenvalue weighted by atomic mass is 9.93. The van der Waals surface area contributed by atoms with Gasteiger partial charge in [-0.1, -0.05) is 18.2 Å². The fourth-order valence-electron chi connectivity index (χ4n) is 5.29. The molecule has 9 heteroatoms. The van der Waals surface area contributed by atoms with Crippen LogP contribution in [-0.4, -0.2) is 37.1 Å². The molecule has 2 aliphatic rings. The number of nitrogens with two attached hydrogens (primary N) is 1. The smallest absolute Gasteiger partial charge is 0.261 e. The van der Waals surface area contributed by atoms with Gasteiger partial charge in [0.15, 0.2) is 5.82 Å². The Labute approximate surface area is 220 Å². The van der Waals surface area contributed by atoms with Crippen molar-refractivity contribution in [3.8, 4) is 11.4 Å². The molecule has 0 spiro atoms. The zero-order valence-corrected chi connectivity index (χ0v) is 21.2. The SMILES string of the molecule is CCn1ccc(Cc2nc(N)nc(-c3cccc(N4CCc5cc(C6CC6)cc(F)c5C4=O)c3CO)n2)c1. The van der Waals surface area contributed by atoms with Gasteiger partial charge in [0, 0.05) is 43.0 Å². The molecule has 2 aromatic heterocycles. The van der Waals surface area contributed by atoms with Crippen molar-refractivity contribution >= 4 is 17.5 Å². The third-order valence-corrected chi connectivity index (χ3v) is 7.39. The summed E-state index contributed by atoms with van der Waals surface area (Å²) < 4.78 is 17.2. The van der Waals surface area contributed by atoms with Gasteiger partial charge in [-0.25, -0.2) is 9.37 Å². The van der Waals surface area contributed by atoms with Gasteiger partial charge in [-0.05, 0) is 67.0 Å². The van der Waals surface area contributed by atoms with Crippen LogP contribution in [0.2, 0.25) is 0 Å². The second-order valence-corrected chi connectivity index (χ2v) is 9.94. The second-order valence-electron chi connectivity index (χ2n) is 9.94. The van der Waals surface area contributed by atoms with Crippen LogP contribution < -0.4 is 10.6 Å². The summed E-state index contributed by atoms with van der Waals surface area (Å²) in [7, 11) is 0. The molecule has 0 bridgehead atoms. The number of fused-ring (bicyclic) bond motifs is 1. The number of rotatable bonds is 7. The average Bonchev–Trinajstić information content (AvgIpc) is 3.67. The van der Waals surface area contributed by atoms with Crippen molar-refractivity contribution in [1.29, 1.82) is 0 Å². The standard InChI is InChI=1S/C29H29FN6O2/c1-2-35-10-8-17(15-35)12-25-32-27(34-29(31)33-25)21-4-3-5-24(22(21)16-37)36-11-9-19-13-20(18-6-7-18)14-23(30)26(19)28(36)38/h3-5,8,10,13-15,18,37H,2,6-7,9,11-12,16H2,1H3,(H2,31,32,33,34). The summed E-state index contributed by atoms with van der Waals surface area (Å²) in [6.07, 6.45) is 7.18. The summed E-state index contributed by atoms with van der Waals surface area (Å²) in [4.78, 5) is 28.4. The third-order valence-electron chi connectivity index (χ3n) is 7.39. The van der Waals surface area contributed by atoms with Gasteiger partial charge in [0.05, 0.1) is 17.9 Å². The number of nitrogens with zero attached hydrogens (tertiary/aromatic N) is 5. The van der Waals surface area contributed by atoms with E-state index in [0.29, 0.717) is 53.8 Å². The predicted molar refractivity (Wildman–Crippen MR) is 142 cm³/mol. The summed E-state index contributed by atoms with van der Waals surface area (Å²) in [5, 5.41) is 10.4. The molecule has 1 amide bonds. The second kappa shape index (κ2) is 9.64. The van der Waals surface area contributed by atoms with Crippen LogP contribution in [0.3, 0.4) is 0 Å². The number of hydrogen-bond acceptors (Lipinski definition) is 6. The van der Waals surface area contributed by atoms with Crippen LogP contribution in [0.4, 0.5) is 16.0 Å². The zero-order valence-electron chi connectivity index (χ0n) is 21.2. The van der Waals surface area contributed by atoms with E-state index in [9.17, 15) is 9.90 Å². The molecule has 1 fully saturated rings. The molecule has 6 rings (SSSR count). The van der Waals surface area contributed by atoms with Crippen molar-refractivity contribution < 1.29 is 14.3 Å². The Bertz CT molecular complexity index is 1540. The number of carbonyl (C=O) groups is 1. The number of hydrogen-bond donors (Lipinski definition) is 2. The average molecular weight is 513 g/mol.